The van der Waals surface area contributed by atoms with E-state index in [9.17, 15) is 8.42 Å². The van der Waals surface area contributed by atoms with Gasteiger partial charge in [-0.3, -0.25) is 0 Å². The van der Waals surface area contributed by atoms with E-state index in [1.165, 1.54) is 11.1 Å². The minimum atomic E-state index is -2.76. The third kappa shape index (κ3) is 3.54. The third-order valence-corrected chi connectivity index (χ3v) is 5.11. The summed E-state index contributed by atoms with van der Waals surface area (Å²) in [5.41, 5.74) is 8.01. The topological polar surface area (TPSA) is 60.2 Å². The largest absolute Gasteiger partial charge is 0.330 e. The van der Waals surface area contributed by atoms with Crippen LogP contribution in [0, 0.1) is 5.92 Å². The predicted molar refractivity (Wildman–Crippen MR) is 69.7 cm³/mol. The molecule has 1 aromatic carbocycles. The molecule has 1 saturated heterocycles. The molecule has 1 unspecified atom stereocenters. The lowest BCUT2D eigenvalue weighted by Gasteiger charge is -2.09. The zero-order chi connectivity index (χ0) is 12.3. The van der Waals surface area contributed by atoms with E-state index in [1.54, 1.807) is 0 Å². The molecule has 2 rings (SSSR count). The van der Waals surface area contributed by atoms with Crippen LogP contribution >= 0.6 is 0 Å². The van der Waals surface area contributed by atoms with E-state index in [2.05, 4.69) is 18.2 Å². The van der Waals surface area contributed by atoms with Gasteiger partial charge in [-0.15, -0.1) is 0 Å². The summed E-state index contributed by atoms with van der Waals surface area (Å²) in [6.45, 7) is 0.654. The molecule has 0 saturated carbocycles. The van der Waals surface area contributed by atoms with Gasteiger partial charge in [0.25, 0.3) is 0 Å². The third-order valence-electron chi connectivity index (χ3n) is 3.28. The molecule has 0 spiro atoms. The molecule has 94 valence electrons. The highest BCUT2D eigenvalue weighted by Crippen LogP contribution is 2.22. The van der Waals surface area contributed by atoms with Crippen molar-refractivity contribution >= 4 is 9.84 Å². The second kappa shape index (κ2) is 5.19. The zero-order valence-corrected chi connectivity index (χ0v) is 10.7. The molecule has 3 nitrogen and oxygen atoms in total. The molecule has 17 heavy (non-hydrogen) atoms. The van der Waals surface area contributed by atoms with E-state index in [0.29, 0.717) is 24.0 Å². The average Bonchev–Trinajstić information content (AvgIpc) is 2.59. The Labute approximate surface area is 103 Å². The molecule has 0 aromatic heterocycles. The summed E-state index contributed by atoms with van der Waals surface area (Å²) >= 11 is 0. The van der Waals surface area contributed by atoms with Crippen LogP contribution in [-0.4, -0.2) is 26.5 Å². The number of benzene rings is 1. The average molecular weight is 253 g/mol. The van der Waals surface area contributed by atoms with Gasteiger partial charge >= 0.3 is 0 Å². The van der Waals surface area contributed by atoms with E-state index < -0.39 is 9.84 Å². The molecule has 1 fully saturated rings. The lowest BCUT2D eigenvalue weighted by atomic mass is 9.97. The van der Waals surface area contributed by atoms with Gasteiger partial charge in [-0.25, -0.2) is 8.42 Å². The Kier molecular flexibility index (Phi) is 3.84. The molecule has 0 radical (unpaired) electrons. The monoisotopic (exact) mass is 253 g/mol. The van der Waals surface area contributed by atoms with Gasteiger partial charge in [-0.1, -0.05) is 24.3 Å². The van der Waals surface area contributed by atoms with Crippen LogP contribution in [-0.2, 0) is 22.7 Å². The predicted octanol–water partition coefficient (Wildman–Crippen LogP) is 1.16. The van der Waals surface area contributed by atoms with Gasteiger partial charge in [0, 0.05) is 0 Å². The van der Waals surface area contributed by atoms with Crippen molar-refractivity contribution in [3.8, 4) is 0 Å². The first kappa shape index (κ1) is 12.6. The van der Waals surface area contributed by atoms with Gasteiger partial charge in [0.1, 0.15) is 0 Å². The lowest BCUT2D eigenvalue weighted by molar-refractivity contribution is 0.583. The number of hydrogen-bond acceptors (Lipinski definition) is 3. The molecular weight excluding hydrogens is 234 g/mol. The minimum Gasteiger partial charge on any atom is -0.330 e. The number of hydrogen-bond donors (Lipinski definition) is 1. The van der Waals surface area contributed by atoms with Crippen LogP contribution in [0.1, 0.15) is 17.5 Å². The molecular formula is C13H19NO2S. The Morgan fingerprint density at radius 2 is 2.06 bits per heavy atom. The van der Waals surface area contributed by atoms with Crippen LogP contribution in [0.25, 0.3) is 0 Å². The van der Waals surface area contributed by atoms with Gasteiger partial charge in [0.15, 0.2) is 9.84 Å². The molecule has 1 aliphatic rings. The Bertz CT molecular complexity index is 482. The smallest absolute Gasteiger partial charge is 0.150 e. The summed E-state index contributed by atoms with van der Waals surface area (Å²) in [7, 11) is -2.76. The molecule has 1 atom stereocenters. The maximum absolute atomic E-state index is 11.4. The van der Waals surface area contributed by atoms with E-state index in [0.717, 1.165) is 19.3 Å². The SMILES string of the molecule is NCCc1cccc(CC2CCS(=O)(=O)C2)c1. The maximum atomic E-state index is 11.4. The fourth-order valence-electron chi connectivity index (χ4n) is 2.45. The molecule has 4 heteroatoms. The first-order valence-corrected chi connectivity index (χ1v) is 7.89. The Balaban J connectivity index is 2.01. The molecule has 0 bridgehead atoms. The van der Waals surface area contributed by atoms with E-state index in [1.807, 2.05) is 6.07 Å². The van der Waals surface area contributed by atoms with Crippen molar-refractivity contribution in [1.82, 2.24) is 0 Å². The van der Waals surface area contributed by atoms with Gasteiger partial charge < -0.3 is 5.73 Å². The van der Waals surface area contributed by atoms with Crippen LogP contribution in [0.3, 0.4) is 0 Å². The second-order valence-corrected chi connectivity index (χ2v) is 7.06. The van der Waals surface area contributed by atoms with Crippen molar-refractivity contribution in [2.24, 2.45) is 11.7 Å². The summed E-state index contributed by atoms with van der Waals surface area (Å²) < 4.78 is 22.8. The van der Waals surface area contributed by atoms with Crippen molar-refractivity contribution in [2.75, 3.05) is 18.1 Å². The first-order chi connectivity index (χ1) is 8.09. The Morgan fingerprint density at radius 1 is 1.29 bits per heavy atom. The second-order valence-electron chi connectivity index (χ2n) is 4.83. The van der Waals surface area contributed by atoms with Crippen LogP contribution < -0.4 is 5.73 Å². The summed E-state index contributed by atoms with van der Waals surface area (Å²) in [4.78, 5) is 0. The summed E-state index contributed by atoms with van der Waals surface area (Å²) in [6, 6.07) is 8.33. The van der Waals surface area contributed by atoms with Crippen LogP contribution in [0.5, 0.6) is 0 Å². The molecule has 0 aliphatic carbocycles. The van der Waals surface area contributed by atoms with Crippen molar-refractivity contribution in [3.63, 3.8) is 0 Å². The van der Waals surface area contributed by atoms with Crippen molar-refractivity contribution in [3.05, 3.63) is 35.4 Å². The number of sulfone groups is 1. The highest BCUT2D eigenvalue weighted by Gasteiger charge is 2.27. The molecule has 0 amide bonds. The molecule has 1 heterocycles. The molecule has 1 aliphatic heterocycles. The quantitative estimate of drug-likeness (QED) is 0.876. The maximum Gasteiger partial charge on any atom is 0.150 e. The number of nitrogens with two attached hydrogens (primary N) is 1. The van der Waals surface area contributed by atoms with Crippen molar-refractivity contribution in [2.45, 2.75) is 19.3 Å². The standard InChI is InChI=1S/C13H19NO2S/c14-6-4-11-2-1-3-12(8-11)9-13-5-7-17(15,16)10-13/h1-3,8,13H,4-7,9-10,14H2. The van der Waals surface area contributed by atoms with Gasteiger partial charge in [-0.2, -0.15) is 0 Å². The van der Waals surface area contributed by atoms with Crippen molar-refractivity contribution < 1.29 is 8.42 Å². The normalized spacial score (nSPS) is 22.8. The Morgan fingerprint density at radius 3 is 2.71 bits per heavy atom. The van der Waals surface area contributed by atoms with E-state index in [-0.39, 0.29) is 0 Å². The molecule has 2 N–H and O–H groups in total. The first-order valence-electron chi connectivity index (χ1n) is 6.07. The fourth-order valence-corrected chi connectivity index (χ4v) is 4.31. The van der Waals surface area contributed by atoms with E-state index in [4.69, 9.17) is 5.73 Å². The van der Waals surface area contributed by atoms with Crippen molar-refractivity contribution in [1.29, 1.82) is 0 Å². The lowest BCUT2D eigenvalue weighted by Crippen LogP contribution is -2.08. The van der Waals surface area contributed by atoms with E-state index >= 15 is 0 Å². The van der Waals surface area contributed by atoms with Crippen LogP contribution in [0.4, 0.5) is 0 Å². The Hall–Kier alpha value is -0.870. The fraction of sp³-hybridized carbons (Fsp3) is 0.538. The van der Waals surface area contributed by atoms with Gasteiger partial charge in [0.2, 0.25) is 0 Å². The van der Waals surface area contributed by atoms with Gasteiger partial charge in [0.05, 0.1) is 11.5 Å². The summed E-state index contributed by atoms with van der Waals surface area (Å²) in [5, 5.41) is 0. The zero-order valence-electron chi connectivity index (χ0n) is 9.93. The summed E-state index contributed by atoms with van der Waals surface area (Å²) in [5.74, 6) is 1.02. The van der Waals surface area contributed by atoms with Crippen LogP contribution in [0.15, 0.2) is 24.3 Å². The van der Waals surface area contributed by atoms with Gasteiger partial charge in [-0.05, 0) is 42.9 Å². The van der Waals surface area contributed by atoms with Crippen LogP contribution in [0.2, 0.25) is 0 Å². The number of rotatable bonds is 4. The molecule has 1 aromatic rings. The highest BCUT2D eigenvalue weighted by molar-refractivity contribution is 7.91. The minimum absolute atomic E-state index is 0.299. The highest BCUT2D eigenvalue weighted by atomic mass is 32.2. The summed E-state index contributed by atoms with van der Waals surface area (Å²) in [6.07, 6.45) is 2.57.